The van der Waals surface area contributed by atoms with Gasteiger partial charge < -0.3 is 25.5 Å². The molecule has 0 aliphatic carbocycles. The SMILES string of the molecule is CC(Cc1cn(O)c(=O)nc1N)OCP(=O)(O)O. The van der Waals surface area contributed by atoms with Crippen LogP contribution in [0, 0.1) is 0 Å². The molecule has 18 heavy (non-hydrogen) atoms. The van der Waals surface area contributed by atoms with Gasteiger partial charge in [-0.3, -0.25) is 4.57 Å². The van der Waals surface area contributed by atoms with E-state index in [-0.39, 0.29) is 17.0 Å². The van der Waals surface area contributed by atoms with E-state index in [2.05, 4.69) is 4.98 Å². The third-order valence-corrected chi connectivity index (χ3v) is 2.54. The molecule has 0 radical (unpaired) electrons. The Balaban J connectivity index is 2.70. The molecule has 0 fully saturated rings. The molecule has 1 aromatic heterocycles. The van der Waals surface area contributed by atoms with Crippen LogP contribution in [0.1, 0.15) is 12.5 Å². The van der Waals surface area contributed by atoms with Crippen molar-refractivity contribution in [2.24, 2.45) is 0 Å². The largest absolute Gasteiger partial charge is 0.424 e. The number of hydrogen-bond donors (Lipinski definition) is 4. The van der Waals surface area contributed by atoms with E-state index >= 15 is 0 Å². The number of nitrogen functional groups attached to an aromatic ring is 1. The minimum absolute atomic E-state index is 0.0584. The standard InChI is InChI=1S/C8H14N3O6P/c1-5(17-4-18(14,15)16)2-6-3-11(13)8(12)10-7(6)9/h3,5,13H,2,4H2,1H3,(H2,9,10,12)(H2,14,15,16). The van der Waals surface area contributed by atoms with Crippen LogP contribution in [-0.4, -0.2) is 37.2 Å². The van der Waals surface area contributed by atoms with Crippen molar-refractivity contribution >= 4 is 13.4 Å². The quantitative estimate of drug-likeness (QED) is 0.402. The van der Waals surface area contributed by atoms with Crippen molar-refractivity contribution in [1.29, 1.82) is 0 Å². The molecule has 5 N–H and O–H groups in total. The first-order chi connectivity index (χ1) is 8.19. The van der Waals surface area contributed by atoms with Crippen molar-refractivity contribution in [2.75, 3.05) is 12.1 Å². The normalized spacial score (nSPS) is 13.5. The van der Waals surface area contributed by atoms with Crippen molar-refractivity contribution < 1.29 is 24.3 Å². The van der Waals surface area contributed by atoms with Crippen LogP contribution in [0.2, 0.25) is 0 Å². The summed E-state index contributed by atoms with van der Waals surface area (Å²) in [4.78, 5) is 31.5. The van der Waals surface area contributed by atoms with Crippen LogP contribution in [0.4, 0.5) is 5.82 Å². The smallest absolute Gasteiger partial charge is 0.382 e. The predicted molar refractivity (Wildman–Crippen MR) is 61.3 cm³/mol. The van der Waals surface area contributed by atoms with Gasteiger partial charge in [0.1, 0.15) is 12.2 Å². The molecule has 0 bridgehead atoms. The van der Waals surface area contributed by atoms with Crippen LogP contribution in [0.25, 0.3) is 0 Å². The highest BCUT2D eigenvalue weighted by atomic mass is 31.2. The number of hydrogen-bond acceptors (Lipinski definition) is 6. The minimum atomic E-state index is -4.23. The van der Waals surface area contributed by atoms with E-state index in [0.29, 0.717) is 5.56 Å². The second-order valence-electron chi connectivity index (χ2n) is 3.75. The molecular formula is C8H14N3O6P. The summed E-state index contributed by atoms with van der Waals surface area (Å²) in [6, 6.07) is 0. The summed E-state index contributed by atoms with van der Waals surface area (Å²) in [6.07, 6.45) is -0.0266. The molecular weight excluding hydrogens is 265 g/mol. The summed E-state index contributed by atoms with van der Waals surface area (Å²) in [6.45, 7) is 1.57. The predicted octanol–water partition coefficient (Wildman–Crippen LogP) is -0.854. The van der Waals surface area contributed by atoms with Crippen LogP contribution >= 0.6 is 7.60 Å². The number of aromatic nitrogens is 2. The Morgan fingerprint density at radius 1 is 1.61 bits per heavy atom. The summed E-state index contributed by atoms with van der Waals surface area (Å²) >= 11 is 0. The van der Waals surface area contributed by atoms with Crippen LogP contribution in [0.5, 0.6) is 0 Å². The Morgan fingerprint density at radius 3 is 2.78 bits per heavy atom. The molecule has 1 unspecified atom stereocenters. The number of nitrogens with two attached hydrogens (primary N) is 1. The summed E-state index contributed by atoms with van der Waals surface area (Å²) in [5, 5.41) is 9.12. The van der Waals surface area contributed by atoms with E-state index in [1.54, 1.807) is 6.92 Å². The molecule has 0 aliphatic heterocycles. The van der Waals surface area contributed by atoms with Gasteiger partial charge >= 0.3 is 13.3 Å². The maximum absolute atomic E-state index is 10.9. The van der Waals surface area contributed by atoms with Gasteiger partial charge in [-0.05, 0) is 6.92 Å². The topological polar surface area (TPSA) is 148 Å². The average molecular weight is 279 g/mol. The number of nitrogens with zero attached hydrogens (tertiary/aromatic N) is 2. The Hall–Kier alpha value is -1.41. The van der Waals surface area contributed by atoms with E-state index in [1.807, 2.05) is 0 Å². The van der Waals surface area contributed by atoms with Crippen LogP contribution in [0.3, 0.4) is 0 Å². The summed E-state index contributed by atoms with van der Waals surface area (Å²) in [7, 11) is -4.23. The lowest BCUT2D eigenvalue weighted by Crippen LogP contribution is -2.24. The molecule has 1 rings (SSSR count). The van der Waals surface area contributed by atoms with Gasteiger partial charge in [0.05, 0.1) is 12.3 Å². The van der Waals surface area contributed by atoms with Crippen LogP contribution in [-0.2, 0) is 15.7 Å². The van der Waals surface area contributed by atoms with E-state index in [9.17, 15) is 9.36 Å². The second-order valence-corrected chi connectivity index (χ2v) is 5.34. The molecule has 102 valence electrons. The first-order valence-corrected chi connectivity index (χ1v) is 6.72. The molecule has 0 spiro atoms. The average Bonchev–Trinajstić information content (AvgIpc) is 2.22. The Bertz CT molecular complexity index is 524. The van der Waals surface area contributed by atoms with Gasteiger partial charge in [-0.2, -0.15) is 4.98 Å². The fourth-order valence-electron chi connectivity index (χ4n) is 1.25. The van der Waals surface area contributed by atoms with Crippen LogP contribution in [0.15, 0.2) is 11.0 Å². The highest BCUT2D eigenvalue weighted by molar-refractivity contribution is 7.51. The van der Waals surface area contributed by atoms with Gasteiger partial charge in [-0.15, -0.1) is 4.73 Å². The van der Waals surface area contributed by atoms with Crippen molar-refractivity contribution in [2.45, 2.75) is 19.4 Å². The fraction of sp³-hybridized carbons (Fsp3) is 0.500. The first kappa shape index (κ1) is 14.7. The lowest BCUT2D eigenvalue weighted by Gasteiger charge is -2.14. The zero-order chi connectivity index (χ0) is 13.9. The van der Waals surface area contributed by atoms with Crippen molar-refractivity contribution in [1.82, 2.24) is 9.71 Å². The molecule has 0 aliphatic rings. The number of rotatable bonds is 5. The highest BCUT2D eigenvalue weighted by Gasteiger charge is 2.17. The zero-order valence-corrected chi connectivity index (χ0v) is 10.4. The van der Waals surface area contributed by atoms with E-state index in [4.69, 9.17) is 25.5 Å². The first-order valence-electron chi connectivity index (χ1n) is 4.92. The van der Waals surface area contributed by atoms with Crippen molar-refractivity contribution in [3.05, 3.63) is 22.2 Å². The second kappa shape index (κ2) is 5.49. The Morgan fingerprint density at radius 2 is 2.22 bits per heavy atom. The van der Waals surface area contributed by atoms with Gasteiger partial charge in [0.25, 0.3) is 0 Å². The molecule has 1 heterocycles. The Kier molecular flexibility index (Phi) is 4.47. The van der Waals surface area contributed by atoms with Gasteiger partial charge in [0.2, 0.25) is 0 Å². The monoisotopic (exact) mass is 279 g/mol. The third-order valence-electron chi connectivity index (χ3n) is 2.05. The van der Waals surface area contributed by atoms with E-state index in [1.165, 1.54) is 0 Å². The fourth-order valence-corrected chi connectivity index (χ4v) is 1.69. The van der Waals surface area contributed by atoms with Gasteiger partial charge in [-0.25, -0.2) is 4.79 Å². The maximum Gasteiger partial charge on any atom is 0.382 e. The summed E-state index contributed by atoms with van der Waals surface area (Å²) < 4.78 is 15.8. The zero-order valence-electron chi connectivity index (χ0n) is 9.55. The maximum atomic E-state index is 10.9. The lowest BCUT2D eigenvalue weighted by molar-refractivity contribution is 0.0879. The molecule has 9 nitrogen and oxygen atoms in total. The lowest BCUT2D eigenvalue weighted by atomic mass is 10.1. The summed E-state index contributed by atoms with van der Waals surface area (Å²) in [5.41, 5.74) is 4.92. The van der Waals surface area contributed by atoms with Gasteiger partial charge in [-0.1, -0.05) is 0 Å². The number of anilines is 1. The minimum Gasteiger partial charge on any atom is -0.424 e. The highest BCUT2D eigenvalue weighted by Crippen LogP contribution is 2.34. The van der Waals surface area contributed by atoms with Crippen molar-refractivity contribution in [3.63, 3.8) is 0 Å². The molecule has 10 heteroatoms. The molecule has 1 aromatic rings. The molecule has 1 atom stereocenters. The molecule has 0 amide bonds. The Labute approximate surface area is 102 Å². The summed E-state index contributed by atoms with van der Waals surface area (Å²) in [5.74, 6) is -0.0584. The van der Waals surface area contributed by atoms with Gasteiger partial charge in [0.15, 0.2) is 0 Å². The van der Waals surface area contributed by atoms with E-state index in [0.717, 1.165) is 6.20 Å². The van der Waals surface area contributed by atoms with E-state index < -0.39 is 25.7 Å². The molecule has 0 saturated heterocycles. The third kappa shape index (κ3) is 4.46. The van der Waals surface area contributed by atoms with Crippen molar-refractivity contribution in [3.8, 4) is 0 Å². The molecule has 0 aromatic carbocycles. The molecule has 0 saturated carbocycles. The van der Waals surface area contributed by atoms with Gasteiger partial charge in [0, 0.05) is 12.0 Å². The number of ether oxygens (including phenoxy) is 1. The van der Waals surface area contributed by atoms with Crippen LogP contribution < -0.4 is 11.4 Å².